The van der Waals surface area contributed by atoms with Gasteiger partial charge in [0.05, 0.1) is 0 Å². The third-order valence-electron chi connectivity index (χ3n) is 1.37. The fraction of sp³-hybridized carbons (Fsp3) is 0.375. The van der Waals surface area contributed by atoms with Crippen LogP contribution in [-0.2, 0) is 0 Å². The maximum absolute atomic E-state index is 4.24. The highest BCUT2D eigenvalue weighted by molar-refractivity contribution is 5.85. The summed E-state index contributed by atoms with van der Waals surface area (Å²) in [6.45, 7) is 3.99. The minimum absolute atomic E-state index is 0. The molecule has 0 unspecified atom stereocenters. The van der Waals surface area contributed by atoms with Gasteiger partial charge in [-0.25, -0.2) is 0 Å². The molecule has 0 aliphatic rings. The van der Waals surface area contributed by atoms with E-state index in [4.69, 9.17) is 0 Å². The van der Waals surface area contributed by atoms with Gasteiger partial charge in [0, 0.05) is 24.1 Å². The molecule has 0 saturated carbocycles. The lowest BCUT2D eigenvalue weighted by Crippen LogP contribution is -1.92. The molecular formula is C8H14Cl2N2. The van der Waals surface area contributed by atoms with Crippen molar-refractivity contribution >= 4 is 30.5 Å². The molecule has 0 saturated heterocycles. The Morgan fingerprint density at radius 2 is 1.50 bits per heavy atom. The molecular weight excluding hydrogens is 195 g/mol. The monoisotopic (exact) mass is 208 g/mol. The fourth-order valence-electron chi connectivity index (χ4n) is 0.979. The molecule has 0 fully saturated rings. The largest absolute Gasteiger partial charge is 0.388 e. The van der Waals surface area contributed by atoms with Gasteiger partial charge in [-0.2, -0.15) is 0 Å². The van der Waals surface area contributed by atoms with Gasteiger partial charge in [0.15, 0.2) is 0 Å². The van der Waals surface area contributed by atoms with Gasteiger partial charge in [-0.3, -0.25) is 4.98 Å². The van der Waals surface area contributed by atoms with Gasteiger partial charge in [0.1, 0.15) is 0 Å². The Morgan fingerprint density at radius 1 is 1.08 bits per heavy atom. The first-order valence-electron chi connectivity index (χ1n) is 3.35. The third kappa shape index (κ3) is 3.79. The number of halogens is 2. The summed E-state index contributed by atoms with van der Waals surface area (Å²) in [4.78, 5) is 4.24. The van der Waals surface area contributed by atoms with Crippen molar-refractivity contribution in [1.29, 1.82) is 0 Å². The number of aromatic nitrogens is 1. The fourth-order valence-corrected chi connectivity index (χ4v) is 0.979. The summed E-state index contributed by atoms with van der Waals surface area (Å²) in [5.74, 6) is 0. The van der Waals surface area contributed by atoms with Crippen molar-refractivity contribution in [2.75, 3.05) is 12.4 Å². The number of hydrogen-bond acceptors (Lipinski definition) is 2. The molecule has 4 heteroatoms. The van der Waals surface area contributed by atoms with Crippen LogP contribution in [0.25, 0.3) is 0 Å². The van der Waals surface area contributed by atoms with Crippen molar-refractivity contribution < 1.29 is 0 Å². The van der Waals surface area contributed by atoms with E-state index in [0.717, 1.165) is 17.1 Å². The highest BCUT2D eigenvalue weighted by Crippen LogP contribution is 2.08. The molecule has 0 aliphatic heterocycles. The highest BCUT2D eigenvalue weighted by Gasteiger charge is 1.91. The van der Waals surface area contributed by atoms with Crippen molar-refractivity contribution in [3.8, 4) is 0 Å². The molecule has 1 heterocycles. The van der Waals surface area contributed by atoms with E-state index in [-0.39, 0.29) is 24.8 Å². The van der Waals surface area contributed by atoms with Crippen LogP contribution in [0, 0.1) is 13.8 Å². The van der Waals surface area contributed by atoms with Gasteiger partial charge in [-0.1, -0.05) is 0 Å². The Labute approximate surface area is 85.6 Å². The Kier molecular flexibility index (Phi) is 7.15. The normalized spacial score (nSPS) is 7.92. The molecule has 70 valence electrons. The lowest BCUT2D eigenvalue weighted by Gasteiger charge is -2.01. The van der Waals surface area contributed by atoms with Crippen LogP contribution in [0.5, 0.6) is 0 Å². The summed E-state index contributed by atoms with van der Waals surface area (Å²) in [5, 5.41) is 3.07. The molecule has 2 nitrogen and oxygen atoms in total. The van der Waals surface area contributed by atoms with Crippen LogP contribution >= 0.6 is 24.8 Å². The summed E-state index contributed by atoms with van der Waals surface area (Å²) in [7, 11) is 1.91. The lowest BCUT2D eigenvalue weighted by atomic mass is 10.3. The molecule has 1 aromatic heterocycles. The number of pyridine rings is 1. The molecule has 0 spiro atoms. The molecule has 0 amide bonds. The quantitative estimate of drug-likeness (QED) is 0.768. The van der Waals surface area contributed by atoms with Crippen molar-refractivity contribution in [3.63, 3.8) is 0 Å². The first-order valence-corrected chi connectivity index (χ1v) is 3.35. The Balaban J connectivity index is 0. The third-order valence-corrected chi connectivity index (χ3v) is 1.37. The van der Waals surface area contributed by atoms with Crippen LogP contribution < -0.4 is 5.32 Å². The zero-order chi connectivity index (χ0) is 7.56. The maximum Gasteiger partial charge on any atom is 0.0396 e. The van der Waals surface area contributed by atoms with Crippen LogP contribution in [0.4, 0.5) is 5.69 Å². The van der Waals surface area contributed by atoms with Crippen molar-refractivity contribution in [3.05, 3.63) is 23.5 Å². The first-order chi connectivity index (χ1) is 4.72. The molecule has 0 atom stereocenters. The standard InChI is InChI=1S/C8H12N2.2ClH/c1-6-4-8(9-3)5-7(2)10-6;;/h4-5H,1-3H3,(H,9,10);2*1H. The minimum Gasteiger partial charge on any atom is -0.388 e. The molecule has 12 heavy (non-hydrogen) atoms. The molecule has 0 aliphatic carbocycles. The molecule has 1 aromatic rings. The molecule has 1 N–H and O–H groups in total. The number of hydrogen-bond donors (Lipinski definition) is 1. The topological polar surface area (TPSA) is 24.9 Å². The molecule has 1 rings (SSSR count). The smallest absolute Gasteiger partial charge is 0.0396 e. The summed E-state index contributed by atoms with van der Waals surface area (Å²) in [5.41, 5.74) is 3.25. The zero-order valence-electron chi connectivity index (χ0n) is 7.42. The van der Waals surface area contributed by atoms with Crippen LogP contribution in [0.3, 0.4) is 0 Å². The van der Waals surface area contributed by atoms with Gasteiger partial charge in [-0.05, 0) is 26.0 Å². The van der Waals surface area contributed by atoms with Gasteiger partial charge in [-0.15, -0.1) is 24.8 Å². The van der Waals surface area contributed by atoms with Crippen LogP contribution in [0.1, 0.15) is 11.4 Å². The first kappa shape index (κ1) is 14.1. The SMILES string of the molecule is CNc1cc(C)nc(C)c1.Cl.Cl. The number of nitrogens with zero attached hydrogens (tertiary/aromatic N) is 1. The van der Waals surface area contributed by atoms with E-state index in [2.05, 4.69) is 10.3 Å². The predicted octanol–water partition coefficient (Wildman–Crippen LogP) is 2.58. The average molecular weight is 209 g/mol. The Hall–Kier alpha value is -0.470. The second kappa shape index (κ2) is 6.09. The maximum atomic E-state index is 4.24. The van der Waals surface area contributed by atoms with Crippen molar-refractivity contribution in [2.45, 2.75) is 13.8 Å². The van der Waals surface area contributed by atoms with E-state index < -0.39 is 0 Å². The number of rotatable bonds is 1. The van der Waals surface area contributed by atoms with E-state index in [1.165, 1.54) is 0 Å². The van der Waals surface area contributed by atoms with E-state index in [1.807, 2.05) is 33.0 Å². The molecule has 0 aromatic carbocycles. The number of nitrogens with one attached hydrogen (secondary N) is 1. The Morgan fingerprint density at radius 3 is 1.83 bits per heavy atom. The number of anilines is 1. The summed E-state index contributed by atoms with van der Waals surface area (Å²) >= 11 is 0. The second-order valence-electron chi connectivity index (χ2n) is 2.39. The second-order valence-corrected chi connectivity index (χ2v) is 2.39. The molecule has 0 bridgehead atoms. The van der Waals surface area contributed by atoms with E-state index in [1.54, 1.807) is 0 Å². The minimum atomic E-state index is 0. The summed E-state index contributed by atoms with van der Waals surface area (Å²) in [6, 6.07) is 4.04. The van der Waals surface area contributed by atoms with Gasteiger partial charge in [0.25, 0.3) is 0 Å². The van der Waals surface area contributed by atoms with Crippen LogP contribution in [0.15, 0.2) is 12.1 Å². The van der Waals surface area contributed by atoms with Gasteiger partial charge >= 0.3 is 0 Å². The summed E-state index contributed by atoms with van der Waals surface area (Å²) in [6.07, 6.45) is 0. The van der Waals surface area contributed by atoms with Crippen molar-refractivity contribution in [2.24, 2.45) is 0 Å². The lowest BCUT2D eigenvalue weighted by molar-refractivity contribution is 1.12. The molecule has 0 radical (unpaired) electrons. The van der Waals surface area contributed by atoms with Gasteiger partial charge in [0.2, 0.25) is 0 Å². The average Bonchev–Trinajstić information content (AvgIpc) is 1.85. The van der Waals surface area contributed by atoms with Crippen molar-refractivity contribution in [1.82, 2.24) is 4.98 Å². The predicted molar refractivity (Wildman–Crippen MR) is 57.8 cm³/mol. The zero-order valence-corrected chi connectivity index (χ0v) is 9.05. The Bertz CT molecular complexity index is 218. The van der Waals surface area contributed by atoms with E-state index >= 15 is 0 Å². The number of aryl methyl sites for hydroxylation is 2. The van der Waals surface area contributed by atoms with Gasteiger partial charge < -0.3 is 5.32 Å². The van der Waals surface area contributed by atoms with Crippen LogP contribution in [-0.4, -0.2) is 12.0 Å². The highest BCUT2D eigenvalue weighted by atomic mass is 35.5. The van der Waals surface area contributed by atoms with E-state index in [0.29, 0.717) is 0 Å². The van der Waals surface area contributed by atoms with Crippen LogP contribution in [0.2, 0.25) is 0 Å². The summed E-state index contributed by atoms with van der Waals surface area (Å²) < 4.78 is 0. The van der Waals surface area contributed by atoms with E-state index in [9.17, 15) is 0 Å².